The largest absolute Gasteiger partial charge is 0.467 e. The van der Waals surface area contributed by atoms with E-state index < -0.39 is 0 Å². The summed E-state index contributed by atoms with van der Waals surface area (Å²) in [6, 6.07) is 3.78. The maximum Gasteiger partial charge on any atom is 0.190 e. The number of hydrogen-bond acceptors (Lipinski definition) is 5. The van der Waals surface area contributed by atoms with Gasteiger partial charge in [0.1, 0.15) is 12.4 Å². The van der Waals surface area contributed by atoms with E-state index in [1.807, 2.05) is 12.1 Å². The molecular formula is C18H31N3O4. The lowest BCUT2D eigenvalue weighted by atomic mass is 10.2. The zero-order valence-corrected chi connectivity index (χ0v) is 15.2. The highest BCUT2D eigenvalue weighted by atomic mass is 16.5. The SMILES string of the molecule is CN=C(NCCCOCc1ccco1)NCCCOCC1CCCO1. The van der Waals surface area contributed by atoms with Crippen LogP contribution in [-0.4, -0.2) is 58.6 Å². The summed E-state index contributed by atoms with van der Waals surface area (Å²) in [6.45, 7) is 5.18. The van der Waals surface area contributed by atoms with Crippen molar-refractivity contribution in [3.05, 3.63) is 24.2 Å². The Bertz CT molecular complexity index is 459. The molecule has 142 valence electrons. The first-order valence-corrected chi connectivity index (χ1v) is 9.12. The van der Waals surface area contributed by atoms with Gasteiger partial charge in [-0.2, -0.15) is 0 Å². The minimum absolute atomic E-state index is 0.303. The Morgan fingerprint density at radius 3 is 2.68 bits per heavy atom. The first-order valence-electron chi connectivity index (χ1n) is 9.12. The van der Waals surface area contributed by atoms with Crippen molar-refractivity contribution in [3.63, 3.8) is 0 Å². The fourth-order valence-corrected chi connectivity index (χ4v) is 2.54. The number of rotatable bonds is 12. The van der Waals surface area contributed by atoms with Gasteiger partial charge in [0.2, 0.25) is 0 Å². The third-order valence-corrected chi connectivity index (χ3v) is 3.89. The molecular weight excluding hydrogens is 322 g/mol. The van der Waals surface area contributed by atoms with Crippen LogP contribution in [0.3, 0.4) is 0 Å². The van der Waals surface area contributed by atoms with Gasteiger partial charge in [-0.3, -0.25) is 4.99 Å². The van der Waals surface area contributed by atoms with E-state index >= 15 is 0 Å². The Labute approximate surface area is 150 Å². The highest BCUT2D eigenvalue weighted by Crippen LogP contribution is 2.11. The predicted octanol–water partition coefficient (Wildman–Crippen LogP) is 1.94. The van der Waals surface area contributed by atoms with E-state index in [0.717, 1.165) is 63.7 Å². The van der Waals surface area contributed by atoms with Crippen molar-refractivity contribution in [1.82, 2.24) is 10.6 Å². The third-order valence-electron chi connectivity index (χ3n) is 3.89. The van der Waals surface area contributed by atoms with Gasteiger partial charge in [0, 0.05) is 40.0 Å². The number of nitrogens with one attached hydrogen (secondary N) is 2. The average molecular weight is 353 g/mol. The molecule has 0 amide bonds. The first kappa shape index (κ1) is 19.8. The average Bonchev–Trinajstić information content (AvgIpc) is 3.32. The Kier molecular flexibility index (Phi) is 10.1. The number of furan rings is 1. The highest BCUT2D eigenvalue weighted by Gasteiger charge is 2.14. The molecule has 1 saturated heterocycles. The molecule has 7 heteroatoms. The molecule has 0 spiro atoms. The Hall–Kier alpha value is -1.57. The lowest BCUT2D eigenvalue weighted by Gasteiger charge is -2.13. The normalized spacial score (nSPS) is 17.8. The molecule has 25 heavy (non-hydrogen) atoms. The fourth-order valence-electron chi connectivity index (χ4n) is 2.54. The van der Waals surface area contributed by atoms with E-state index in [-0.39, 0.29) is 0 Å². The van der Waals surface area contributed by atoms with Gasteiger partial charge in [-0.05, 0) is 37.8 Å². The quantitative estimate of drug-likeness (QED) is 0.340. The summed E-state index contributed by atoms with van der Waals surface area (Å²) in [5.74, 6) is 1.66. The second-order valence-corrected chi connectivity index (χ2v) is 5.97. The molecule has 1 atom stereocenters. The molecule has 1 fully saturated rings. The molecule has 1 aromatic heterocycles. The van der Waals surface area contributed by atoms with Crippen molar-refractivity contribution >= 4 is 5.96 Å². The molecule has 0 aromatic carbocycles. The summed E-state index contributed by atoms with van der Waals surface area (Å²) in [7, 11) is 1.77. The molecule has 2 rings (SSSR count). The molecule has 0 saturated carbocycles. The molecule has 0 bridgehead atoms. The van der Waals surface area contributed by atoms with Crippen LogP contribution in [-0.2, 0) is 20.8 Å². The molecule has 1 aliphatic rings. The van der Waals surface area contributed by atoms with Gasteiger partial charge in [-0.1, -0.05) is 0 Å². The van der Waals surface area contributed by atoms with Crippen LogP contribution in [0.4, 0.5) is 0 Å². The van der Waals surface area contributed by atoms with Gasteiger partial charge in [0.25, 0.3) is 0 Å². The van der Waals surface area contributed by atoms with Crippen molar-refractivity contribution < 1.29 is 18.6 Å². The minimum Gasteiger partial charge on any atom is -0.467 e. The molecule has 0 radical (unpaired) electrons. The summed E-state index contributed by atoms with van der Waals surface area (Å²) in [4.78, 5) is 4.21. The first-order chi connectivity index (χ1) is 12.4. The maximum absolute atomic E-state index is 5.64. The number of ether oxygens (including phenoxy) is 3. The van der Waals surface area contributed by atoms with Gasteiger partial charge >= 0.3 is 0 Å². The smallest absolute Gasteiger partial charge is 0.190 e. The zero-order valence-electron chi connectivity index (χ0n) is 15.2. The van der Waals surface area contributed by atoms with Crippen LogP contribution in [0.15, 0.2) is 27.8 Å². The number of guanidine groups is 1. The van der Waals surface area contributed by atoms with Crippen molar-refractivity contribution in [2.75, 3.05) is 46.6 Å². The summed E-state index contributed by atoms with van der Waals surface area (Å²) in [6.07, 6.45) is 6.10. The maximum atomic E-state index is 5.64. The molecule has 1 aliphatic heterocycles. The van der Waals surface area contributed by atoms with E-state index in [0.29, 0.717) is 25.9 Å². The van der Waals surface area contributed by atoms with E-state index in [2.05, 4.69) is 15.6 Å². The molecule has 2 N–H and O–H groups in total. The van der Waals surface area contributed by atoms with Gasteiger partial charge < -0.3 is 29.3 Å². The van der Waals surface area contributed by atoms with Crippen LogP contribution in [0.25, 0.3) is 0 Å². The van der Waals surface area contributed by atoms with Crippen LogP contribution in [0.2, 0.25) is 0 Å². The molecule has 0 aliphatic carbocycles. The van der Waals surface area contributed by atoms with E-state index in [4.69, 9.17) is 18.6 Å². The molecule has 7 nitrogen and oxygen atoms in total. The number of hydrogen-bond donors (Lipinski definition) is 2. The van der Waals surface area contributed by atoms with Crippen molar-refractivity contribution in [2.45, 2.75) is 38.4 Å². The Morgan fingerprint density at radius 1 is 1.24 bits per heavy atom. The Balaban J connectivity index is 1.38. The number of aliphatic imine (C=N–C) groups is 1. The highest BCUT2D eigenvalue weighted by molar-refractivity contribution is 5.79. The van der Waals surface area contributed by atoms with Crippen LogP contribution in [0.5, 0.6) is 0 Å². The summed E-state index contributed by atoms with van der Waals surface area (Å²) in [5, 5.41) is 6.56. The van der Waals surface area contributed by atoms with Crippen LogP contribution in [0.1, 0.15) is 31.4 Å². The van der Waals surface area contributed by atoms with Gasteiger partial charge in [0.05, 0.1) is 19.0 Å². The van der Waals surface area contributed by atoms with Gasteiger partial charge in [-0.15, -0.1) is 0 Å². The van der Waals surface area contributed by atoms with Crippen molar-refractivity contribution in [1.29, 1.82) is 0 Å². The second kappa shape index (κ2) is 12.7. The van der Waals surface area contributed by atoms with Crippen molar-refractivity contribution in [2.24, 2.45) is 4.99 Å². The lowest BCUT2D eigenvalue weighted by molar-refractivity contribution is 0.0168. The number of nitrogens with zero attached hydrogens (tertiary/aromatic N) is 1. The summed E-state index contributed by atoms with van der Waals surface area (Å²) in [5.41, 5.74) is 0. The van der Waals surface area contributed by atoms with Crippen LogP contribution < -0.4 is 10.6 Å². The topological polar surface area (TPSA) is 77.3 Å². The zero-order chi connectivity index (χ0) is 17.6. The summed E-state index contributed by atoms with van der Waals surface area (Å²) >= 11 is 0. The van der Waals surface area contributed by atoms with E-state index in [1.54, 1.807) is 13.3 Å². The van der Waals surface area contributed by atoms with Gasteiger partial charge in [-0.25, -0.2) is 0 Å². The van der Waals surface area contributed by atoms with Crippen molar-refractivity contribution in [3.8, 4) is 0 Å². The second-order valence-electron chi connectivity index (χ2n) is 5.97. The Morgan fingerprint density at radius 2 is 2.04 bits per heavy atom. The third kappa shape index (κ3) is 8.90. The monoisotopic (exact) mass is 353 g/mol. The van der Waals surface area contributed by atoms with E-state index in [9.17, 15) is 0 Å². The molecule has 2 heterocycles. The summed E-state index contributed by atoms with van der Waals surface area (Å²) < 4.78 is 21.9. The van der Waals surface area contributed by atoms with Gasteiger partial charge in [0.15, 0.2) is 5.96 Å². The van der Waals surface area contributed by atoms with Crippen LogP contribution >= 0.6 is 0 Å². The van der Waals surface area contributed by atoms with Crippen LogP contribution in [0, 0.1) is 0 Å². The predicted molar refractivity (Wildman–Crippen MR) is 96.8 cm³/mol. The molecule has 1 aromatic rings. The minimum atomic E-state index is 0.303. The fraction of sp³-hybridized carbons (Fsp3) is 0.722. The standard InChI is InChI=1S/C18H31N3O4/c1-19-18(20-8-4-10-22-14-16-6-2-12-24-16)21-9-5-11-23-15-17-7-3-13-25-17/h2,6,12,17H,3-5,7-11,13-15H2,1H3,(H2,19,20,21). The van der Waals surface area contributed by atoms with E-state index in [1.165, 1.54) is 0 Å². The lowest BCUT2D eigenvalue weighted by Crippen LogP contribution is -2.38. The molecule has 1 unspecified atom stereocenters.